The summed E-state index contributed by atoms with van der Waals surface area (Å²) in [5, 5.41) is 11.8. The topological polar surface area (TPSA) is 76.1 Å². The van der Waals surface area contributed by atoms with E-state index in [4.69, 9.17) is 5.11 Å². The maximum absolute atomic E-state index is 12.2. The van der Waals surface area contributed by atoms with Crippen molar-refractivity contribution < 1.29 is 14.7 Å². The monoisotopic (exact) mass is 300 g/mol. The van der Waals surface area contributed by atoms with Gasteiger partial charge in [-0.25, -0.2) is 4.79 Å². The summed E-state index contributed by atoms with van der Waals surface area (Å²) in [5.74, 6) is -0.986. The van der Waals surface area contributed by atoms with Crippen molar-refractivity contribution in [1.29, 1.82) is 0 Å². The number of hydrogen-bond donors (Lipinski definition) is 2. The maximum Gasteiger partial charge on any atom is 0.323 e. The van der Waals surface area contributed by atoms with Crippen LogP contribution in [0.15, 0.2) is 0 Å². The number of likely N-dealkylation sites (N-methyl/N-ethyl adjacent to an activating group) is 2. The lowest BCUT2D eigenvalue weighted by atomic mass is 10.2. The van der Waals surface area contributed by atoms with Crippen LogP contribution in [0.5, 0.6) is 0 Å². The molecule has 0 aromatic carbocycles. The van der Waals surface area contributed by atoms with Crippen molar-refractivity contribution in [2.24, 2.45) is 0 Å². The number of piperazine rings is 1. The lowest BCUT2D eigenvalue weighted by molar-refractivity contribution is -0.138. The van der Waals surface area contributed by atoms with Crippen LogP contribution in [0.2, 0.25) is 0 Å². The quantitative estimate of drug-likeness (QED) is 0.729. The molecule has 0 aromatic heterocycles. The number of carboxylic acid groups (broad SMARTS) is 1. The van der Waals surface area contributed by atoms with Crippen molar-refractivity contribution in [2.45, 2.75) is 32.4 Å². The van der Waals surface area contributed by atoms with Gasteiger partial charge in [0.1, 0.15) is 6.54 Å². The Hall–Kier alpha value is -1.34. The molecule has 2 unspecified atom stereocenters. The first-order valence-electron chi connectivity index (χ1n) is 7.50. The first kappa shape index (κ1) is 17.7. The molecule has 0 aromatic rings. The van der Waals surface area contributed by atoms with Gasteiger partial charge in [-0.05, 0) is 27.4 Å². The van der Waals surface area contributed by atoms with Gasteiger partial charge in [0.05, 0.1) is 0 Å². The molecule has 0 saturated carbocycles. The smallest absolute Gasteiger partial charge is 0.323 e. The fourth-order valence-electron chi connectivity index (χ4n) is 2.42. The molecule has 122 valence electrons. The normalized spacial score (nSPS) is 21.8. The Labute approximate surface area is 126 Å². The molecule has 7 nitrogen and oxygen atoms in total. The van der Waals surface area contributed by atoms with Crippen LogP contribution in [0.1, 0.15) is 20.3 Å². The third-order valence-electron chi connectivity index (χ3n) is 4.16. The molecule has 1 fully saturated rings. The van der Waals surface area contributed by atoms with Gasteiger partial charge in [-0.1, -0.05) is 6.92 Å². The SMILES string of the molecule is CCC(C)N(CC(=O)O)C(=O)NCC1CN(C)CCN1C. The first-order chi connectivity index (χ1) is 9.85. The Morgan fingerprint density at radius 3 is 2.62 bits per heavy atom. The minimum absolute atomic E-state index is 0.0899. The zero-order valence-corrected chi connectivity index (χ0v) is 13.5. The zero-order chi connectivity index (χ0) is 16.0. The number of urea groups is 1. The summed E-state index contributed by atoms with van der Waals surface area (Å²) < 4.78 is 0. The molecule has 0 bridgehead atoms. The van der Waals surface area contributed by atoms with E-state index in [-0.39, 0.29) is 24.7 Å². The molecule has 1 aliphatic rings. The third kappa shape index (κ3) is 5.51. The Morgan fingerprint density at radius 1 is 1.38 bits per heavy atom. The molecular formula is C14H28N4O3. The second-order valence-corrected chi connectivity index (χ2v) is 5.86. The van der Waals surface area contributed by atoms with Crippen molar-refractivity contribution in [3.05, 3.63) is 0 Å². The van der Waals surface area contributed by atoms with E-state index in [0.29, 0.717) is 6.54 Å². The van der Waals surface area contributed by atoms with E-state index in [2.05, 4.69) is 22.2 Å². The number of nitrogens with zero attached hydrogens (tertiary/aromatic N) is 3. The highest BCUT2D eigenvalue weighted by Gasteiger charge is 2.25. The van der Waals surface area contributed by atoms with Crippen molar-refractivity contribution in [3.63, 3.8) is 0 Å². The lowest BCUT2D eigenvalue weighted by Gasteiger charge is -2.38. The number of carbonyl (C=O) groups is 2. The van der Waals surface area contributed by atoms with Crippen LogP contribution in [0.4, 0.5) is 4.79 Å². The van der Waals surface area contributed by atoms with Gasteiger partial charge in [0.2, 0.25) is 0 Å². The van der Waals surface area contributed by atoms with E-state index in [0.717, 1.165) is 26.1 Å². The summed E-state index contributed by atoms with van der Waals surface area (Å²) in [5.41, 5.74) is 0. The Bertz CT molecular complexity index is 364. The summed E-state index contributed by atoms with van der Waals surface area (Å²) in [6.45, 7) is 6.98. The largest absolute Gasteiger partial charge is 0.480 e. The molecule has 1 saturated heterocycles. The zero-order valence-electron chi connectivity index (χ0n) is 13.5. The fraction of sp³-hybridized carbons (Fsp3) is 0.857. The molecule has 1 heterocycles. The highest BCUT2D eigenvalue weighted by Crippen LogP contribution is 2.07. The minimum Gasteiger partial charge on any atom is -0.480 e. The van der Waals surface area contributed by atoms with Crippen LogP contribution in [0, 0.1) is 0 Å². The second kappa shape index (κ2) is 8.19. The van der Waals surface area contributed by atoms with Gasteiger partial charge in [-0.3, -0.25) is 9.69 Å². The van der Waals surface area contributed by atoms with Crippen molar-refractivity contribution in [1.82, 2.24) is 20.0 Å². The van der Waals surface area contributed by atoms with Crippen LogP contribution in [-0.2, 0) is 4.79 Å². The predicted octanol–water partition coefficient (Wildman–Crippen LogP) is 0.127. The number of rotatable bonds is 6. The van der Waals surface area contributed by atoms with E-state index in [9.17, 15) is 9.59 Å². The van der Waals surface area contributed by atoms with Crippen LogP contribution in [0.3, 0.4) is 0 Å². The van der Waals surface area contributed by atoms with Gasteiger partial charge in [-0.15, -0.1) is 0 Å². The molecule has 0 radical (unpaired) electrons. The van der Waals surface area contributed by atoms with Crippen LogP contribution >= 0.6 is 0 Å². The predicted molar refractivity (Wildman–Crippen MR) is 81.4 cm³/mol. The Morgan fingerprint density at radius 2 is 2.05 bits per heavy atom. The molecule has 1 rings (SSSR count). The Balaban J connectivity index is 2.54. The maximum atomic E-state index is 12.2. The summed E-state index contributed by atoms with van der Waals surface area (Å²) in [7, 11) is 4.12. The minimum atomic E-state index is -0.986. The number of hydrogen-bond acceptors (Lipinski definition) is 4. The molecule has 0 aliphatic carbocycles. The highest BCUT2D eigenvalue weighted by atomic mass is 16.4. The van der Waals surface area contributed by atoms with Crippen molar-refractivity contribution >= 4 is 12.0 Å². The van der Waals surface area contributed by atoms with Crippen molar-refractivity contribution in [3.8, 4) is 0 Å². The van der Waals surface area contributed by atoms with E-state index >= 15 is 0 Å². The molecule has 7 heteroatoms. The van der Waals surface area contributed by atoms with Gasteiger partial charge in [-0.2, -0.15) is 0 Å². The molecule has 2 N–H and O–H groups in total. The molecule has 21 heavy (non-hydrogen) atoms. The van der Waals surface area contributed by atoms with Crippen LogP contribution in [-0.4, -0.2) is 90.7 Å². The van der Waals surface area contributed by atoms with E-state index < -0.39 is 5.97 Å². The second-order valence-electron chi connectivity index (χ2n) is 5.86. The number of nitrogens with one attached hydrogen (secondary N) is 1. The molecule has 2 amide bonds. The lowest BCUT2D eigenvalue weighted by Crippen LogP contribution is -2.56. The van der Waals surface area contributed by atoms with E-state index in [1.54, 1.807) is 0 Å². The van der Waals surface area contributed by atoms with Gasteiger partial charge in [0, 0.05) is 38.3 Å². The standard InChI is InChI=1S/C14H28N4O3/c1-5-11(2)18(10-13(19)20)14(21)15-8-12-9-16(3)6-7-17(12)4/h11-12H,5-10H2,1-4H3,(H,15,21)(H,19,20). The Kier molecular flexibility index (Phi) is 6.91. The molecule has 2 atom stereocenters. The fourth-order valence-corrected chi connectivity index (χ4v) is 2.42. The molecule has 1 aliphatic heterocycles. The van der Waals surface area contributed by atoms with Gasteiger partial charge in [0.15, 0.2) is 0 Å². The summed E-state index contributed by atoms with van der Waals surface area (Å²) in [4.78, 5) is 29.0. The number of carboxylic acids is 1. The summed E-state index contributed by atoms with van der Waals surface area (Å²) in [6, 6.07) is -0.127. The van der Waals surface area contributed by atoms with Crippen LogP contribution in [0.25, 0.3) is 0 Å². The number of carbonyl (C=O) groups excluding carboxylic acids is 1. The number of amides is 2. The van der Waals surface area contributed by atoms with Gasteiger partial charge < -0.3 is 20.2 Å². The van der Waals surface area contributed by atoms with Crippen LogP contribution < -0.4 is 5.32 Å². The number of aliphatic carboxylic acids is 1. The molecular weight excluding hydrogens is 272 g/mol. The van der Waals surface area contributed by atoms with Gasteiger partial charge in [0.25, 0.3) is 0 Å². The summed E-state index contributed by atoms with van der Waals surface area (Å²) >= 11 is 0. The average Bonchev–Trinajstić information content (AvgIpc) is 2.44. The van der Waals surface area contributed by atoms with E-state index in [1.165, 1.54) is 4.90 Å². The van der Waals surface area contributed by atoms with Gasteiger partial charge >= 0.3 is 12.0 Å². The molecule has 0 spiro atoms. The average molecular weight is 300 g/mol. The third-order valence-corrected chi connectivity index (χ3v) is 4.16. The van der Waals surface area contributed by atoms with E-state index in [1.807, 2.05) is 20.9 Å². The van der Waals surface area contributed by atoms with Crippen molar-refractivity contribution in [2.75, 3.05) is 46.8 Å². The first-order valence-corrected chi connectivity index (χ1v) is 7.50. The summed E-state index contributed by atoms with van der Waals surface area (Å²) in [6.07, 6.45) is 0.729. The highest BCUT2D eigenvalue weighted by molar-refractivity contribution is 5.80.